The van der Waals surface area contributed by atoms with Crippen LogP contribution in [-0.4, -0.2) is 40.8 Å². The van der Waals surface area contributed by atoms with Crippen LogP contribution < -0.4 is 0 Å². The second-order valence-electron chi connectivity index (χ2n) is 6.22. The van der Waals surface area contributed by atoms with E-state index in [1.54, 1.807) is 11.1 Å². The number of nitrogens with zero attached hydrogens (tertiary/aromatic N) is 3. The number of carbonyl (C=O) groups is 1. The number of aromatic nitrogens is 1. The van der Waals surface area contributed by atoms with E-state index in [1.807, 2.05) is 31.3 Å². The molecule has 1 aliphatic heterocycles. The Morgan fingerprint density at radius 2 is 2.00 bits per heavy atom. The van der Waals surface area contributed by atoms with Crippen LogP contribution in [0.3, 0.4) is 0 Å². The van der Waals surface area contributed by atoms with Crippen molar-refractivity contribution in [3.63, 3.8) is 0 Å². The first-order valence-electron chi connectivity index (χ1n) is 8.13. The maximum Gasteiger partial charge on any atom is 0.227 e. The van der Waals surface area contributed by atoms with Gasteiger partial charge in [0.15, 0.2) is 0 Å². The predicted molar refractivity (Wildman–Crippen MR) is 90.5 cm³/mol. The van der Waals surface area contributed by atoms with Crippen molar-refractivity contribution in [3.05, 3.63) is 66.0 Å². The standard InChI is InChI=1S/C19H23N3O/c1-21(15-18-9-5-6-11-20-18)19(23)17-10-12-22(14-17)13-16-7-3-2-4-8-16/h2-9,11,17H,10,12-15H2,1H3/t17-/m1/s1. The Morgan fingerprint density at radius 1 is 1.22 bits per heavy atom. The van der Waals surface area contributed by atoms with Gasteiger partial charge in [0.1, 0.15) is 0 Å². The first-order chi connectivity index (χ1) is 11.2. The highest BCUT2D eigenvalue weighted by Crippen LogP contribution is 2.21. The lowest BCUT2D eigenvalue weighted by molar-refractivity contribution is -0.134. The van der Waals surface area contributed by atoms with Gasteiger partial charge in [0.2, 0.25) is 5.91 Å². The van der Waals surface area contributed by atoms with Crippen LogP contribution in [0, 0.1) is 5.92 Å². The van der Waals surface area contributed by atoms with E-state index < -0.39 is 0 Å². The third-order valence-corrected chi connectivity index (χ3v) is 4.37. The minimum atomic E-state index is 0.104. The van der Waals surface area contributed by atoms with Crippen LogP contribution in [0.25, 0.3) is 0 Å². The average molecular weight is 309 g/mol. The highest BCUT2D eigenvalue weighted by Gasteiger charge is 2.30. The molecule has 1 aromatic carbocycles. The van der Waals surface area contributed by atoms with Gasteiger partial charge in [0.05, 0.1) is 18.2 Å². The zero-order valence-electron chi connectivity index (χ0n) is 13.6. The van der Waals surface area contributed by atoms with Crippen molar-refractivity contribution >= 4 is 5.91 Å². The summed E-state index contributed by atoms with van der Waals surface area (Å²) < 4.78 is 0. The third kappa shape index (κ3) is 4.17. The van der Waals surface area contributed by atoms with Gasteiger partial charge in [-0.1, -0.05) is 36.4 Å². The fraction of sp³-hybridized carbons (Fsp3) is 0.368. The average Bonchev–Trinajstić information content (AvgIpc) is 3.04. The van der Waals surface area contributed by atoms with Gasteiger partial charge in [-0.2, -0.15) is 0 Å². The molecule has 1 aromatic heterocycles. The van der Waals surface area contributed by atoms with Gasteiger partial charge < -0.3 is 4.90 Å². The van der Waals surface area contributed by atoms with Gasteiger partial charge in [0, 0.05) is 26.3 Å². The van der Waals surface area contributed by atoms with E-state index >= 15 is 0 Å². The number of amides is 1. The van der Waals surface area contributed by atoms with Gasteiger partial charge in [-0.3, -0.25) is 14.7 Å². The molecule has 1 aliphatic rings. The fourth-order valence-electron chi connectivity index (χ4n) is 3.14. The van der Waals surface area contributed by atoms with Gasteiger partial charge in [0.25, 0.3) is 0 Å². The van der Waals surface area contributed by atoms with Crippen LogP contribution in [-0.2, 0) is 17.9 Å². The Hall–Kier alpha value is -2.20. The van der Waals surface area contributed by atoms with Crippen molar-refractivity contribution in [2.75, 3.05) is 20.1 Å². The van der Waals surface area contributed by atoms with Crippen LogP contribution >= 0.6 is 0 Å². The van der Waals surface area contributed by atoms with E-state index in [9.17, 15) is 4.79 Å². The number of carbonyl (C=O) groups excluding carboxylic acids is 1. The predicted octanol–water partition coefficient (Wildman–Crippen LogP) is 2.56. The summed E-state index contributed by atoms with van der Waals surface area (Å²) in [6.45, 7) is 3.34. The minimum absolute atomic E-state index is 0.104. The highest BCUT2D eigenvalue weighted by molar-refractivity contribution is 5.79. The monoisotopic (exact) mass is 309 g/mol. The van der Waals surface area contributed by atoms with Crippen LogP contribution in [0.5, 0.6) is 0 Å². The summed E-state index contributed by atoms with van der Waals surface area (Å²) in [6.07, 6.45) is 2.71. The number of likely N-dealkylation sites (tertiary alicyclic amines) is 1. The molecule has 0 aliphatic carbocycles. The molecule has 2 aromatic rings. The Morgan fingerprint density at radius 3 is 2.74 bits per heavy atom. The molecule has 0 spiro atoms. The van der Waals surface area contributed by atoms with Gasteiger partial charge in [-0.15, -0.1) is 0 Å². The molecule has 3 rings (SSSR count). The van der Waals surface area contributed by atoms with E-state index in [-0.39, 0.29) is 11.8 Å². The molecule has 120 valence electrons. The lowest BCUT2D eigenvalue weighted by Gasteiger charge is -2.21. The third-order valence-electron chi connectivity index (χ3n) is 4.37. The zero-order valence-corrected chi connectivity index (χ0v) is 13.6. The normalized spacial score (nSPS) is 18.0. The summed E-state index contributed by atoms with van der Waals surface area (Å²) in [7, 11) is 1.87. The van der Waals surface area contributed by atoms with Crippen molar-refractivity contribution in [2.24, 2.45) is 5.92 Å². The number of rotatable bonds is 5. The van der Waals surface area contributed by atoms with Crippen molar-refractivity contribution in [3.8, 4) is 0 Å². The lowest BCUT2D eigenvalue weighted by Crippen LogP contribution is -2.34. The van der Waals surface area contributed by atoms with Crippen LogP contribution in [0.4, 0.5) is 0 Å². The van der Waals surface area contributed by atoms with Crippen molar-refractivity contribution in [1.82, 2.24) is 14.8 Å². The number of hydrogen-bond donors (Lipinski definition) is 0. The first-order valence-corrected chi connectivity index (χ1v) is 8.13. The molecule has 4 nitrogen and oxygen atoms in total. The molecule has 23 heavy (non-hydrogen) atoms. The molecule has 2 heterocycles. The number of pyridine rings is 1. The quantitative estimate of drug-likeness (QED) is 0.852. The van der Waals surface area contributed by atoms with Crippen molar-refractivity contribution < 1.29 is 4.79 Å². The minimum Gasteiger partial charge on any atom is -0.340 e. The summed E-state index contributed by atoms with van der Waals surface area (Å²) in [6, 6.07) is 16.3. The molecule has 1 atom stereocenters. The molecule has 4 heteroatoms. The van der Waals surface area contributed by atoms with Crippen molar-refractivity contribution in [2.45, 2.75) is 19.5 Å². The maximum atomic E-state index is 12.6. The smallest absolute Gasteiger partial charge is 0.227 e. The number of hydrogen-bond acceptors (Lipinski definition) is 3. The van der Waals surface area contributed by atoms with E-state index in [4.69, 9.17) is 0 Å². The summed E-state index contributed by atoms with van der Waals surface area (Å²) in [5, 5.41) is 0. The van der Waals surface area contributed by atoms with Gasteiger partial charge in [-0.25, -0.2) is 0 Å². The van der Waals surface area contributed by atoms with E-state index in [0.717, 1.165) is 31.7 Å². The summed E-state index contributed by atoms with van der Waals surface area (Å²) in [5.41, 5.74) is 2.24. The van der Waals surface area contributed by atoms with Crippen LogP contribution in [0.2, 0.25) is 0 Å². The second-order valence-corrected chi connectivity index (χ2v) is 6.22. The van der Waals surface area contributed by atoms with Gasteiger partial charge in [-0.05, 0) is 30.7 Å². The molecular weight excluding hydrogens is 286 g/mol. The Labute approximate surface area is 137 Å². The van der Waals surface area contributed by atoms with Crippen LogP contribution in [0.15, 0.2) is 54.7 Å². The van der Waals surface area contributed by atoms with Gasteiger partial charge >= 0.3 is 0 Å². The summed E-state index contributed by atoms with van der Waals surface area (Å²) in [4.78, 5) is 21.1. The maximum absolute atomic E-state index is 12.6. The molecule has 0 radical (unpaired) electrons. The lowest BCUT2D eigenvalue weighted by atomic mass is 10.1. The summed E-state index contributed by atoms with van der Waals surface area (Å²) in [5.74, 6) is 0.332. The van der Waals surface area contributed by atoms with E-state index in [0.29, 0.717) is 6.54 Å². The molecule has 1 saturated heterocycles. The Kier molecular flexibility index (Phi) is 5.03. The molecule has 0 N–H and O–H groups in total. The summed E-state index contributed by atoms with van der Waals surface area (Å²) >= 11 is 0. The zero-order chi connectivity index (χ0) is 16.1. The Balaban J connectivity index is 1.52. The topological polar surface area (TPSA) is 36.4 Å². The van der Waals surface area contributed by atoms with E-state index in [2.05, 4.69) is 34.1 Å². The van der Waals surface area contributed by atoms with E-state index in [1.165, 1.54) is 5.56 Å². The van der Waals surface area contributed by atoms with Crippen molar-refractivity contribution in [1.29, 1.82) is 0 Å². The molecular formula is C19H23N3O. The number of benzene rings is 1. The first kappa shape index (κ1) is 15.7. The largest absolute Gasteiger partial charge is 0.340 e. The fourth-order valence-corrected chi connectivity index (χ4v) is 3.14. The second kappa shape index (κ2) is 7.38. The molecule has 1 fully saturated rings. The molecule has 1 amide bonds. The Bertz CT molecular complexity index is 630. The SMILES string of the molecule is CN(Cc1ccccn1)C(=O)[C@@H]1CCN(Cc2ccccc2)C1. The highest BCUT2D eigenvalue weighted by atomic mass is 16.2. The molecule has 0 bridgehead atoms. The van der Waals surface area contributed by atoms with Crippen LogP contribution in [0.1, 0.15) is 17.7 Å². The molecule has 0 saturated carbocycles. The molecule has 0 unspecified atom stereocenters.